The van der Waals surface area contributed by atoms with Crippen LogP contribution in [-0.2, 0) is 0 Å². The zero-order chi connectivity index (χ0) is 11.1. The van der Waals surface area contributed by atoms with Gasteiger partial charge in [-0.05, 0) is 18.6 Å². The number of thioether (sulfide) groups is 1. The van der Waals surface area contributed by atoms with Gasteiger partial charge in [-0.15, -0.1) is 0 Å². The smallest absolute Gasteiger partial charge is 0.122 e. The average Bonchev–Trinajstić information content (AvgIpc) is 2.71. The van der Waals surface area contributed by atoms with Crippen LogP contribution >= 0.6 is 25.3 Å². The Hall–Kier alpha value is -0.610. The third-order valence-corrected chi connectivity index (χ3v) is 3.57. The molecule has 1 fully saturated rings. The molecule has 3 N–H and O–H groups in total. The van der Waals surface area contributed by atoms with Crippen molar-refractivity contribution in [2.24, 2.45) is 5.73 Å². The van der Waals surface area contributed by atoms with Crippen LogP contribution < -0.4 is 5.73 Å². The van der Waals surface area contributed by atoms with Crippen LogP contribution in [0.1, 0.15) is 25.3 Å². The zero-order valence-electron chi connectivity index (χ0n) is 9.57. The maximum Gasteiger partial charge on any atom is 0.122 e. The van der Waals surface area contributed by atoms with Crippen LogP contribution in [0.15, 0.2) is 30.3 Å². The summed E-state index contributed by atoms with van der Waals surface area (Å²) < 4.78 is 0. The van der Waals surface area contributed by atoms with Crippen molar-refractivity contribution in [1.29, 1.82) is 5.41 Å². The van der Waals surface area contributed by atoms with Gasteiger partial charge >= 0.3 is 0 Å². The lowest BCUT2D eigenvalue weighted by Gasteiger charge is -1.93. The van der Waals surface area contributed by atoms with Crippen molar-refractivity contribution in [1.82, 2.24) is 0 Å². The van der Waals surface area contributed by atoms with Crippen LogP contribution in [0.2, 0.25) is 0 Å². The molecule has 2 rings (SSSR count). The number of amidine groups is 1. The van der Waals surface area contributed by atoms with E-state index in [2.05, 4.69) is 18.7 Å². The van der Waals surface area contributed by atoms with Gasteiger partial charge in [-0.2, -0.15) is 25.3 Å². The van der Waals surface area contributed by atoms with Crippen LogP contribution in [0.25, 0.3) is 0 Å². The summed E-state index contributed by atoms with van der Waals surface area (Å²) in [6, 6.07) is 9.23. The van der Waals surface area contributed by atoms with E-state index in [1.54, 1.807) is 0 Å². The minimum atomic E-state index is 0. The second-order valence-corrected chi connectivity index (χ2v) is 5.15. The van der Waals surface area contributed by atoms with Crippen molar-refractivity contribution in [3.63, 3.8) is 0 Å². The molecule has 1 saturated heterocycles. The predicted octanol–water partition coefficient (Wildman–Crippen LogP) is 2.99. The molecule has 1 aromatic carbocycles. The number of nitrogen functional groups attached to an aromatic ring is 1. The average molecular weight is 256 g/mol. The van der Waals surface area contributed by atoms with E-state index in [1.807, 2.05) is 30.3 Å². The van der Waals surface area contributed by atoms with E-state index in [9.17, 15) is 0 Å². The first kappa shape index (κ1) is 15.4. The summed E-state index contributed by atoms with van der Waals surface area (Å²) >= 11 is 2.10. The van der Waals surface area contributed by atoms with Gasteiger partial charge in [0, 0.05) is 10.8 Å². The van der Waals surface area contributed by atoms with Crippen molar-refractivity contribution < 1.29 is 0 Å². The molecule has 16 heavy (non-hydrogen) atoms. The topological polar surface area (TPSA) is 49.9 Å². The standard InChI is InChI=1S/C7H8N2.C5H10S.H2S/c8-7(9)6-4-2-1-3-5-6;1-5-3-2-4-6-5;/h1-5H,(H3,8,9);5H,2-4H2,1H3;1H2. The minimum Gasteiger partial charge on any atom is -0.384 e. The lowest BCUT2D eigenvalue weighted by atomic mass is 10.2. The first-order valence-corrected chi connectivity index (χ1v) is 6.26. The first-order valence-electron chi connectivity index (χ1n) is 5.21. The number of rotatable bonds is 1. The molecule has 0 spiro atoms. The van der Waals surface area contributed by atoms with E-state index in [0.717, 1.165) is 10.8 Å². The predicted molar refractivity (Wildman–Crippen MR) is 79.0 cm³/mol. The van der Waals surface area contributed by atoms with Crippen LogP contribution in [0, 0.1) is 5.41 Å². The highest BCUT2D eigenvalue weighted by Gasteiger charge is 2.07. The lowest BCUT2D eigenvalue weighted by Crippen LogP contribution is -2.10. The summed E-state index contributed by atoms with van der Waals surface area (Å²) in [5.41, 5.74) is 5.97. The maximum absolute atomic E-state index is 7.01. The van der Waals surface area contributed by atoms with E-state index in [0.29, 0.717) is 0 Å². The maximum atomic E-state index is 7.01. The summed E-state index contributed by atoms with van der Waals surface area (Å²) in [5.74, 6) is 1.52. The number of benzene rings is 1. The Morgan fingerprint density at radius 2 is 2.00 bits per heavy atom. The summed E-state index contributed by atoms with van der Waals surface area (Å²) in [7, 11) is 0. The van der Waals surface area contributed by atoms with Gasteiger partial charge < -0.3 is 5.73 Å². The number of nitrogens with one attached hydrogen (secondary N) is 1. The third kappa shape index (κ3) is 6.08. The lowest BCUT2D eigenvalue weighted by molar-refractivity contribution is 0.838. The largest absolute Gasteiger partial charge is 0.384 e. The summed E-state index contributed by atoms with van der Waals surface area (Å²) in [6.07, 6.45) is 2.90. The van der Waals surface area contributed by atoms with Gasteiger partial charge in [0.25, 0.3) is 0 Å². The fraction of sp³-hybridized carbons (Fsp3) is 0.417. The summed E-state index contributed by atoms with van der Waals surface area (Å²) in [6.45, 7) is 2.30. The highest BCUT2D eigenvalue weighted by molar-refractivity contribution is 8.00. The van der Waals surface area contributed by atoms with E-state index in [1.165, 1.54) is 18.6 Å². The van der Waals surface area contributed by atoms with Gasteiger partial charge in [0.1, 0.15) is 5.84 Å². The van der Waals surface area contributed by atoms with E-state index >= 15 is 0 Å². The molecule has 0 radical (unpaired) electrons. The van der Waals surface area contributed by atoms with Crippen LogP contribution in [0.5, 0.6) is 0 Å². The molecular weight excluding hydrogens is 236 g/mol. The molecule has 4 heteroatoms. The molecule has 0 saturated carbocycles. The molecule has 1 unspecified atom stereocenters. The van der Waals surface area contributed by atoms with Gasteiger partial charge in [0.15, 0.2) is 0 Å². The molecule has 0 amide bonds. The molecule has 0 aliphatic carbocycles. The van der Waals surface area contributed by atoms with E-state index in [-0.39, 0.29) is 19.3 Å². The molecule has 0 aromatic heterocycles. The Kier molecular flexibility index (Phi) is 8.21. The summed E-state index contributed by atoms with van der Waals surface area (Å²) in [5, 5.41) is 7.98. The number of nitrogens with two attached hydrogens (primary N) is 1. The Labute approximate surface area is 109 Å². The highest BCUT2D eigenvalue weighted by atomic mass is 32.2. The normalized spacial score (nSPS) is 17.9. The SMILES string of the molecule is CC1CCCS1.N=C(N)c1ccccc1.S. The quantitative estimate of drug-likeness (QED) is 0.599. The molecule has 1 heterocycles. The Morgan fingerprint density at radius 3 is 2.25 bits per heavy atom. The van der Waals surface area contributed by atoms with Crippen LogP contribution in [0.3, 0.4) is 0 Å². The molecule has 90 valence electrons. The molecule has 2 nitrogen and oxygen atoms in total. The minimum absolute atomic E-state index is 0. The number of hydrogen-bond donors (Lipinski definition) is 2. The van der Waals surface area contributed by atoms with Crippen molar-refractivity contribution in [3.8, 4) is 0 Å². The van der Waals surface area contributed by atoms with Gasteiger partial charge in [-0.25, -0.2) is 0 Å². The highest BCUT2D eigenvalue weighted by Crippen LogP contribution is 2.24. The van der Waals surface area contributed by atoms with Crippen LogP contribution in [-0.4, -0.2) is 16.8 Å². The molecule has 1 aromatic rings. The molecule has 1 aliphatic rings. The Bertz CT molecular complexity index is 295. The molecule has 0 bridgehead atoms. The molecule has 1 atom stereocenters. The van der Waals surface area contributed by atoms with E-state index in [4.69, 9.17) is 11.1 Å². The Morgan fingerprint density at radius 1 is 1.38 bits per heavy atom. The fourth-order valence-corrected chi connectivity index (χ4v) is 2.43. The van der Waals surface area contributed by atoms with Crippen molar-refractivity contribution in [2.45, 2.75) is 25.0 Å². The van der Waals surface area contributed by atoms with Crippen molar-refractivity contribution in [3.05, 3.63) is 35.9 Å². The van der Waals surface area contributed by atoms with E-state index < -0.39 is 0 Å². The van der Waals surface area contributed by atoms with Gasteiger partial charge in [-0.3, -0.25) is 5.41 Å². The van der Waals surface area contributed by atoms with Gasteiger partial charge in [0.2, 0.25) is 0 Å². The zero-order valence-corrected chi connectivity index (χ0v) is 11.4. The second kappa shape index (κ2) is 8.53. The first-order chi connectivity index (χ1) is 7.20. The third-order valence-electron chi connectivity index (χ3n) is 2.24. The monoisotopic (exact) mass is 256 g/mol. The Balaban J connectivity index is 0.000000283. The second-order valence-electron chi connectivity index (χ2n) is 3.60. The van der Waals surface area contributed by atoms with Gasteiger partial charge in [0.05, 0.1) is 0 Å². The van der Waals surface area contributed by atoms with Crippen molar-refractivity contribution in [2.75, 3.05) is 5.75 Å². The fourth-order valence-electron chi connectivity index (χ4n) is 1.36. The number of hydrogen-bond acceptors (Lipinski definition) is 2. The molecule has 1 aliphatic heterocycles. The van der Waals surface area contributed by atoms with Crippen LogP contribution in [0.4, 0.5) is 0 Å². The van der Waals surface area contributed by atoms with Crippen molar-refractivity contribution >= 4 is 31.1 Å². The summed E-state index contributed by atoms with van der Waals surface area (Å²) in [4.78, 5) is 0. The molecular formula is C12H20N2S2. The van der Waals surface area contributed by atoms with Gasteiger partial charge in [-0.1, -0.05) is 37.3 Å².